The van der Waals surface area contributed by atoms with Crippen molar-refractivity contribution in [1.29, 1.82) is 0 Å². The molecule has 3 aromatic rings. The third kappa shape index (κ3) is 2.50. The molecule has 0 bridgehead atoms. The maximum atomic E-state index is 12.2. The van der Waals surface area contributed by atoms with Gasteiger partial charge in [0.1, 0.15) is 17.2 Å². The summed E-state index contributed by atoms with van der Waals surface area (Å²) in [6.45, 7) is 4.66. The first-order valence-corrected chi connectivity index (χ1v) is 8.48. The molecule has 1 atom stereocenters. The fraction of sp³-hybridized carbons (Fsp3) is 0.368. The SMILES string of the molecule is CCCc1ccc(C2CC(=O)NCc3nc4cc(C)ccn4c32)o1. The smallest absolute Gasteiger partial charge is 0.221 e. The highest BCUT2D eigenvalue weighted by molar-refractivity contribution is 5.78. The summed E-state index contributed by atoms with van der Waals surface area (Å²) in [5, 5.41) is 2.95. The highest BCUT2D eigenvalue weighted by atomic mass is 16.3. The summed E-state index contributed by atoms with van der Waals surface area (Å²) in [4.78, 5) is 16.9. The number of rotatable bonds is 3. The summed E-state index contributed by atoms with van der Waals surface area (Å²) in [5.74, 6) is 1.75. The molecule has 1 amide bonds. The fourth-order valence-corrected chi connectivity index (χ4v) is 3.45. The largest absolute Gasteiger partial charge is 0.465 e. The summed E-state index contributed by atoms with van der Waals surface area (Å²) < 4.78 is 8.14. The predicted molar refractivity (Wildman–Crippen MR) is 90.9 cm³/mol. The Bertz CT molecular complexity index is 907. The van der Waals surface area contributed by atoms with Crippen LogP contribution in [0.1, 0.15) is 54.2 Å². The molecule has 5 heteroatoms. The summed E-state index contributed by atoms with van der Waals surface area (Å²) in [7, 11) is 0. The molecule has 3 aromatic heterocycles. The maximum absolute atomic E-state index is 12.2. The van der Waals surface area contributed by atoms with E-state index in [1.807, 2.05) is 18.3 Å². The lowest BCUT2D eigenvalue weighted by Gasteiger charge is -2.13. The Balaban J connectivity index is 1.86. The van der Waals surface area contributed by atoms with E-state index in [1.54, 1.807) is 0 Å². The number of carbonyl (C=O) groups excluding carboxylic acids is 1. The number of carbonyl (C=O) groups is 1. The van der Waals surface area contributed by atoms with E-state index in [9.17, 15) is 4.79 Å². The topological polar surface area (TPSA) is 59.5 Å². The van der Waals surface area contributed by atoms with Gasteiger partial charge in [-0.15, -0.1) is 0 Å². The Kier molecular flexibility index (Phi) is 3.63. The van der Waals surface area contributed by atoms with Crippen LogP contribution in [0.4, 0.5) is 0 Å². The fourth-order valence-electron chi connectivity index (χ4n) is 3.45. The first-order valence-electron chi connectivity index (χ1n) is 8.48. The zero-order chi connectivity index (χ0) is 16.7. The van der Waals surface area contributed by atoms with E-state index in [0.29, 0.717) is 13.0 Å². The molecule has 24 heavy (non-hydrogen) atoms. The molecule has 5 nitrogen and oxygen atoms in total. The van der Waals surface area contributed by atoms with Gasteiger partial charge in [-0.2, -0.15) is 0 Å². The zero-order valence-corrected chi connectivity index (χ0v) is 14.0. The molecule has 0 saturated heterocycles. The summed E-state index contributed by atoms with van der Waals surface area (Å²) in [6.07, 6.45) is 4.37. The molecular weight excluding hydrogens is 302 g/mol. The number of furan rings is 1. The van der Waals surface area contributed by atoms with Gasteiger partial charge in [0.25, 0.3) is 0 Å². The third-order valence-corrected chi connectivity index (χ3v) is 4.59. The minimum atomic E-state index is -0.106. The van der Waals surface area contributed by atoms with E-state index >= 15 is 0 Å². The van der Waals surface area contributed by atoms with Gasteiger partial charge in [-0.25, -0.2) is 4.98 Å². The molecule has 4 rings (SSSR count). The molecule has 1 aliphatic heterocycles. The number of aromatic nitrogens is 2. The predicted octanol–water partition coefficient (Wildman–Crippen LogP) is 3.34. The second-order valence-corrected chi connectivity index (χ2v) is 6.46. The van der Waals surface area contributed by atoms with E-state index in [4.69, 9.17) is 9.40 Å². The molecular formula is C19H21N3O2. The van der Waals surface area contributed by atoms with Crippen LogP contribution in [0, 0.1) is 6.92 Å². The van der Waals surface area contributed by atoms with Crippen LogP contribution in [-0.2, 0) is 17.8 Å². The average molecular weight is 323 g/mol. The minimum absolute atomic E-state index is 0.0345. The van der Waals surface area contributed by atoms with Crippen LogP contribution in [0.5, 0.6) is 0 Å². The lowest BCUT2D eigenvalue weighted by Crippen LogP contribution is -2.21. The average Bonchev–Trinajstić information content (AvgIpc) is 3.11. The molecule has 0 fully saturated rings. The number of fused-ring (bicyclic) bond motifs is 3. The number of hydrogen-bond donors (Lipinski definition) is 1. The van der Waals surface area contributed by atoms with Crippen LogP contribution in [0.2, 0.25) is 0 Å². The van der Waals surface area contributed by atoms with Gasteiger partial charge < -0.3 is 14.1 Å². The molecule has 0 spiro atoms. The Hall–Kier alpha value is -2.56. The molecule has 0 aromatic carbocycles. The summed E-state index contributed by atoms with van der Waals surface area (Å²) in [5.41, 5.74) is 4.07. The first-order chi connectivity index (χ1) is 11.7. The molecule has 1 aliphatic rings. The van der Waals surface area contributed by atoms with E-state index in [0.717, 1.165) is 41.4 Å². The number of amides is 1. The first kappa shape index (κ1) is 15.0. The molecule has 0 radical (unpaired) electrons. The minimum Gasteiger partial charge on any atom is -0.465 e. The van der Waals surface area contributed by atoms with Crippen molar-refractivity contribution in [3.63, 3.8) is 0 Å². The Morgan fingerprint density at radius 2 is 2.25 bits per heavy atom. The van der Waals surface area contributed by atoms with Gasteiger partial charge >= 0.3 is 0 Å². The number of nitrogens with zero attached hydrogens (tertiary/aromatic N) is 2. The standard InChI is InChI=1S/C19H21N3O2/c1-3-4-13-5-6-16(24-13)14-10-18(23)20-11-15-19(14)22-8-7-12(2)9-17(22)21-15/h5-9,14H,3-4,10-11H2,1-2H3,(H,20,23). The zero-order valence-electron chi connectivity index (χ0n) is 14.0. The lowest BCUT2D eigenvalue weighted by molar-refractivity contribution is -0.121. The summed E-state index contributed by atoms with van der Waals surface area (Å²) in [6, 6.07) is 8.16. The Labute approximate surface area is 140 Å². The van der Waals surface area contributed by atoms with Crippen LogP contribution in [0.25, 0.3) is 5.65 Å². The second kappa shape index (κ2) is 5.82. The quantitative estimate of drug-likeness (QED) is 0.804. The molecule has 0 aliphatic carbocycles. The number of nitrogens with one attached hydrogen (secondary N) is 1. The van der Waals surface area contributed by atoms with Crippen molar-refractivity contribution in [2.24, 2.45) is 0 Å². The second-order valence-electron chi connectivity index (χ2n) is 6.46. The van der Waals surface area contributed by atoms with Crippen molar-refractivity contribution in [2.75, 3.05) is 0 Å². The van der Waals surface area contributed by atoms with Gasteiger partial charge in [0, 0.05) is 19.0 Å². The van der Waals surface area contributed by atoms with Crippen LogP contribution >= 0.6 is 0 Å². The van der Waals surface area contributed by atoms with Crippen molar-refractivity contribution in [3.8, 4) is 0 Å². The van der Waals surface area contributed by atoms with Crippen LogP contribution in [0.15, 0.2) is 34.9 Å². The number of pyridine rings is 1. The van der Waals surface area contributed by atoms with Crippen LogP contribution in [-0.4, -0.2) is 15.3 Å². The van der Waals surface area contributed by atoms with Gasteiger partial charge in [0.05, 0.1) is 23.9 Å². The molecule has 1 unspecified atom stereocenters. The normalized spacial score (nSPS) is 17.6. The van der Waals surface area contributed by atoms with Gasteiger partial charge in [0.2, 0.25) is 5.91 Å². The van der Waals surface area contributed by atoms with Crippen LogP contribution in [0.3, 0.4) is 0 Å². The van der Waals surface area contributed by atoms with Crippen molar-refractivity contribution in [3.05, 3.63) is 58.9 Å². The maximum Gasteiger partial charge on any atom is 0.221 e. The van der Waals surface area contributed by atoms with Crippen molar-refractivity contribution in [2.45, 2.75) is 45.6 Å². The van der Waals surface area contributed by atoms with E-state index in [1.165, 1.54) is 5.56 Å². The molecule has 0 saturated carbocycles. The molecule has 1 N–H and O–H groups in total. The lowest BCUT2D eigenvalue weighted by atomic mass is 9.97. The van der Waals surface area contributed by atoms with Crippen molar-refractivity contribution < 1.29 is 9.21 Å². The van der Waals surface area contributed by atoms with Crippen molar-refractivity contribution >= 4 is 11.6 Å². The number of hydrogen-bond acceptors (Lipinski definition) is 3. The van der Waals surface area contributed by atoms with Crippen molar-refractivity contribution in [1.82, 2.24) is 14.7 Å². The summed E-state index contributed by atoms with van der Waals surface area (Å²) >= 11 is 0. The number of imidazole rings is 1. The molecule has 4 heterocycles. The van der Waals surface area contributed by atoms with E-state index < -0.39 is 0 Å². The third-order valence-electron chi connectivity index (χ3n) is 4.59. The van der Waals surface area contributed by atoms with Gasteiger partial charge in [0.15, 0.2) is 0 Å². The highest BCUT2D eigenvalue weighted by Gasteiger charge is 2.30. The van der Waals surface area contributed by atoms with Crippen LogP contribution < -0.4 is 5.32 Å². The van der Waals surface area contributed by atoms with Gasteiger partial charge in [-0.1, -0.05) is 6.92 Å². The van der Waals surface area contributed by atoms with Gasteiger partial charge in [-0.05, 0) is 43.2 Å². The Morgan fingerprint density at radius 1 is 1.38 bits per heavy atom. The number of aryl methyl sites for hydroxylation is 2. The molecule has 124 valence electrons. The van der Waals surface area contributed by atoms with Gasteiger partial charge in [-0.3, -0.25) is 4.79 Å². The highest BCUT2D eigenvalue weighted by Crippen LogP contribution is 2.34. The Morgan fingerprint density at radius 3 is 3.08 bits per heavy atom. The van der Waals surface area contributed by atoms with E-state index in [-0.39, 0.29) is 11.8 Å². The monoisotopic (exact) mass is 323 g/mol. The van der Waals surface area contributed by atoms with E-state index in [2.05, 4.69) is 35.7 Å².